The molecule has 1 unspecified atom stereocenters. The molecule has 0 saturated carbocycles. The van der Waals surface area contributed by atoms with Gasteiger partial charge in [0, 0.05) is 7.11 Å². The van der Waals surface area contributed by atoms with Crippen LogP contribution in [0.3, 0.4) is 0 Å². The number of fused-ring (bicyclic) bond motifs is 1. The molecule has 0 spiro atoms. The van der Waals surface area contributed by atoms with E-state index in [1.54, 1.807) is 13.8 Å². The average Bonchev–Trinajstić information content (AvgIpc) is 2.71. The van der Waals surface area contributed by atoms with Crippen molar-refractivity contribution in [2.45, 2.75) is 50.3 Å². The number of rotatable bonds is 3. The number of ether oxygens (including phenoxy) is 4. The lowest BCUT2D eigenvalue weighted by Gasteiger charge is -2.24. The molecule has 2 heterocycles. The van der Waals surface area contributed by atoms with Gasteiger partial charge in [0.1, 0.15) is 24.4 Å². The molecule has 2 rings (SSSR count). The lowest BCUT2D eigenvalue weighted by molar-refractivity contribution is -0.233. The van der Waals surface area contributed by atoms with Crippen LogP contribution in [0.2, 0.25) is 0 Å². The standard InChI is InChI=1S/C10H17NO6/c1-10(2)16-7-6(5(12)4-11-13)15-9(14-3)8(7)17-10/h4-9,12-13H,1-3H3/b11-4+/t5?,6-,7+,8+,9+/m1/s1. The Morgan fingerprint density at radius 3 is 2.59 bits per heavy atom. The van der Waals surface area contributed by atoms with Crippen LogP contribution in [0.5, 0.6) is 0 Å². The first-order valence-corrected chi connectivity index (χ1v) is 5.38. The molecule has 98 valence electrons. The van der Waals surface area contributed by atoms with Crippen molar-refractivity contribution in [1.82, 2.24) is 0 Å². The topological polar surface area (TPSA) is 89.7 Å². The molecule has 2 aliphatic heterocycles. The molecule has 0 aromatic carbocycles. The number of aliphatic hydroxyl groups excluding tert-OH is 1. The molecule has 0 amide bonds. The van der Waals surface area contributed by atoms with Gasteiger partial charge in [0.25, 0.3) is 0 Å². The van der Waals surface area contributed by atoms with Crippen molar-refractivity contribution < 1.29 is 29.3 Å². The summed E-state index contributed by atoms with van der Waals surface area (Å²) in [4.78, 5) is 0. The summed E-state index contributed by atoms with van der Waals surface area (Å²) in [5, 5.41) is 21.0. The summed E-state index contributed by atoms with van der Waals surface area (Å²) in [5.41, 5.74) is 0. The highest BCUT2D eigenvalue weighted by molar-refractivity contribution is 5.63. The van der Waals surface area contributed by atoms with Gasteiger partial charge in [-0.25, -0.2) is 0 Å². The van der Waals surface area contributed by atoms with Crippen molar-refractivity contribution in [2.24, 2.45) is 5.16 Å². The third kappa shape index (κ3) is 2.29. The molecule has 0 bridgehead atoms. The number of oxime groups is 1. The summed E-state index contributed by atoms with van der Waals surface area (Å²) in [7, 11) is 1.49. The van der Waals surface area contributed by atoms with E-state index < -0.39 is 36.5 Å². The fraction of sp³-hybridized carbons (Fsp3) is 0.900. The first-order valence-electron chi connectivity index (χ1n) is 5.38. The Balaban J connectivity index is 2.15. The Morgan fingerprint density at radius 2 is 2.00 bits per heavy atom. The summed E-state index contributed by atoms with van der Waals surface area (Å²) in [5.74, 6) is -0.746. The molecule has 7 heteroatoms. The van der Waals surface area contributed by atoms with Crippen LogP contribution in [-0.2, 0) is 18.9 Å². The van der Waals surface area contributed by atoms with Crippen LogP contribution in [-0.4, -0.2) is 60.1 Å². The maximum absolute atomic E-state index is 9.75. The highest BCUT2D eigenvalue weighted by Gasteiger charge is 2.57. The molecule has 7 nitrogen and oxygen atoms in total. The number of nitrogens with zero attached hydrogens (tertiary/aromatic N) is 1. The molecule has 17 heavy (non-hydrogen) atoms. The molecule has 0 radical (unpaired) electrons. The van der Waals surface area contributed by atoms with Crippen LogP contribution in [0, 0.1) is 0 Å². The minimum absolute atomic E-state index is 0.401. The van der Waals surface area contributed by atoms with Crippen LogP contribution in [0.1, 0.15) is 13.8 Å². The second-order valence-electron chi connectivity index (χ2n) is 4.52. The van der Waals surface area contributed by atoms with Gasteiger partial charge in [-0.3, -0.25) is 0 Å². The van der Waals surface area contributed by atoms with Crippen LogP contribution >= 0.6 is 0 Å². The Morgan fingerprint density at radius 1 is 1.35 bits per heavy atom. The molecule has 0 aromatic heterocycles. The molecular weight excluding hydrogens is 230 g/mol. The average molecular weight is 247 g/mol. The van der Waals surface area contributed by atoms with E-state index in [0.29, 0.717) is 0 Å². The second kappa shape index (κ2) is 4.51. The van der Waals surface area contributed by atoms with E-state index in [-0.39, 0.29) is 0 Å². The third-order valence-corrected chi connectivity index (χ3v) is 2.84. The zero-order valence-electron chi connectivity index (χ0n) is 9.94. The summed E-state index contributed by atoms with van der Waals surface area (Å²) >= 11 is 0. The first kappa shape index (κ1) is 12.7. The van der Waals surface area contributed by atoms with E-state index in [9.17, 15) is 5.11 Å². The summed E-state index contributed by atoms with van der Waals surface area (Å²) < 4.78 is 21.9. The highest BCUT2D eigenvalue weighted by atomic mass is 16.8. The van der Waals surface area contributed by atoms with Crippen molar-refractivity contribution in [3.8, 4) is 0 Å². The van der Waals surface area contributed by atoms with Crippen LogP contribution in [0.15, 0.2) is 5.16 Å². The monoisotopic (exact) mass is 247 g/mol. The molecule has 2 saturated heterocycles. The highest BCUT2D eigenvalue weighted by Crippen LogP contribution is 2.39. The van der Waals surface area contributed by atoms with E-state index in [0.717, 1.165) is 6.21 Å². The molecular formula is C10H17NO6. The minimum Gasteiger partial charge on any atom is -0.411 e. The number of hydrogen-bond acceptors (Lipinski definition) is 7. The van der Waals surface area contributed by atoms with Gasteiger partial charge >= 0.3 is 0 Å². The molecule has 2 aliphatic rings. The normalized spacial score (nSPS) is 41.9. The lowest BCUT2D eigenvalue weighted by atomic mass is 10.1. The predicted octanol–water partition coefficient (Wildman–Crippen LogP) is -0.301. The molecule has 2 fully saturated rings. The van der Waals surface area contributed by atoms with Gasteiger partial charge < -0.3 is 29.3 Å². The van der Waals surface area contributed by atoms with Gasteiger partial charge in [0.15, 0.2) is 12.1 Å². The zero-order chi connectivity index (χ0) is 12.6. The first-order chi connectivity index (χ1) is 7.98. The van der Waals surface area contributed by atoms with Gasteiger partial charge in [0.2, 0.25) is 0 Å². The van der Waals surface area contributed by atoms with Crippen LogP contribution in [0.25, 0.3) is 0 Å². The maximum atomic E-state index is 9.75. The fourth-order valence-corrected chi connectivity index (χ4v) is 2.21. The number of aliphatic hydroxyl groups is 1. The van der Waals surface area contributed by atoms with Crippen molar-refractivity contribution in [3.05, 3.63) is 0 Å². The maximum Gasteiger partial charge on any atom is 0.186 e. The van der Waals surface area contributed by atoms with Crippen molar-refractivity contribution in [2.75, 3.05) is 7.11 Å². The van der Waals surface area contributed by atoms with E-state index in [2.05, 4.69) is 5.16 Å². The quantitative estimate of drug-likeness (QED) is 0.404. The number of hydrogen-bond donors (Lipinski definition) is 2. The van der Waals surface area contributed by atoms with Crippen molar-refractivity contribution >= 4 is 6.21 Å². The summed E-state index contributed by atoms with van der Waals surface area (Å²) in [6.45, 7) is 3.56. The van der Waals surface area contributed by atoms with Crippen LogP contribution < -0.4 is 0 Å². The minimum atomic E-state index is -1.08. The van der Waals surface area contributed by atoms with Crippen molar-refractivity contribution in [1.29, 1.82) is 0 Å². The van der Waals surface area contributed by atoms with Gasteiger partial charge in [0.05, 0.1) is 6.21 Å². The largest absolute Gasteiger partial charge is 0.411 e. The van der Waals surface area contributed by atoms with Gasteiger partial charge in [-0.1, -0.05) is 5.16 Å². The third-order valence-electron chi connectivity index (χ3n) is 2.84. The van der Waals surface area contributed by atoms with Gasteiger partial charge in [-0.15, -0.1) is 0 Å². The second-order valence-corrected chi connectivity index (χ2v) is 4.52. The van der Waals surface area contributed by atoms with Crippen LogP contribution in [0.4, 0.5) is 0 Å². The van der Waals surface area contributed by atoms with E-state index >= 15 is 0 Å². The number of methoxy groups -OCH3 is 1. The molecule has 5 atom stereocenters. The predicted molar refractivity (Wildman–Crippen MR) is 55.8 cm³/mol. The molecule has 0 aromatic rings. The SMILES string of the molecule is CO[C@H]1O[C@H](C(O)/C=N/O)[C@@H]2OC(C)(C)O[C@H]12. The fourth-order valence-electron chi connectivity index (χ4n) is 2.21. The summed E-state index contributed by atoms with van der Waals surface area (Å²) in [6, 6.07) is 0. The van der Waals surface area contributed by atoms with Crippen molar-refractivity contribution in [3.63, 3.8) is 0 Å². The van der Waals surface area contributed by atoms with E-state index in [1.165, 1.54) is 7.11 Å². The Kier molecular flexibility index (Phi) is 3.37. The smallest absolute Gasteiger partial charge is 0.186 e. The van der Waals surface area contributed by atoms with Gasteiger partial charge in [-0.05, 0) is 13.8 Å². The van der Waals surface area contributed by atoms with E-state index in [4.69, 9.17) is 24.2 Å². The van der Waals surface area contributed by atoms with Gasteiger partial charge in [-0.2, -0.15) is 0 Å². The van der Waals surface area contributed by atoms with E-state index in [1.807, 2.05) is 0 Å². The molecule has 2 N–H and O–H groups in total. The zero-order valence-corrected chi connectivity index (χ0v) is 9.94. The Labute approximate surface area is 98.9 Å². The summed E-state index contributed by atoms with van der Waals surface area (Å²) in [6.07, 6.45) is -2.24. The lowest BCUT2D eigenvalue weighted by Crippen LogP contribution is -2.39. The Hall–Kier alpha value is -0.730. The Bertz CT molecular complexity index is 307. The molecule has 0 aliphatic carbocycles.